The summed E-state index contributed by atoms with van der Waals surface area (Å²) in [6.45, 7) is 4.27. The van der Waals surface area contributed by atoms with Crippen LogP contribution in [-0.2, 0) is 4.74 Å². The molecule has 1 aromatic heterocycles. The molecule has 1 aliphatic rings. The summed E-state index contributed by atoms with van der Waals surface area (Å²) in [5, 5.41) is 0. The highest BCUT2D eigenvalue weighted by molar-refractivity contribution is 5.95. The molecule has 0 unspecified atom stereocenters. The fraction of sp³-hybridized carbons (Fsp3) is 0.421. The fourth-order valence-corrected chi connectivity index (χ4v) is 3.07. The number of amides is 1. The Morgan fingerprint density at radius 2 is 2.28 bits per heavy atom. The maximum atomic E-state index is 12.9. The second-order valence-corrected chi connectivity index (χ2v) is 6.27. The average molecular weight is 340 g/mol. The van der Waals surface area contributed by atoms with Gasteiger partial charge in [-0.25, -0.2) is 9.97 Å². The van der Waals surface area contributed by atoms with Gasteiger partial charge in [0.25, 0.3) is 5.91 Å². The van der Waals surface area contributed by atoms with E-state index in [2.05, 4.69) is 16.9 Å². The summed E-state index contributed by atoms with van der Waals surface area (Å²) in [5.74, 6) is 0.259. The van der Waals surface area contributed by atoms with Crippen LogP contribution in [0.15, 0.2) is 36.5 Å². The summed E-state index contributed by atoms with van der Waals surface area (Å²) in [6.07, 6.45) is 4.75. The van der Waals surface area contributed by atoms with E-state index in [0.29, 0.717) is 17.8 Å². The topological polar surface area (TPSA) is 81.3 Å². The lowest BCUT2D eigenvalue weighted by molar-refractivity contribution is 0.00211. The zero-order valence-corrected chi connectivity index (χ0v) is 14.5. The summed E-state index contributed by atoms with van der Waals surface area (Å²) in [4.78, 5) is 22.9. The second kappa shape index (κ2) is 8.07. The van der Waals surface area contributed by atoms with Gasteiger partial charge in [0.1, 0.15) is 0 Å². The van der Waals surface area contributed by atoms with Gasteiger partial charge in [-0.15, -0.1) is 0 Å². The highest BCUT2D eigenvalue weighted by Crippen LogP contribution is 2.21. The number of rotatable bonds is 5. The standard InChI is InChI=1S/C19H24N4O2/c1-2-11-25-16-7-4-10-23(13-16)18(24)15-6-3-5-14(12-15)17-8-9-21-19(20)22-17/h3,5-6,8-9,12,16H,2,4,7,10-11,13H2,1H3,(H2,20,21,22)/t16-/m1/s1. The maximum absolute atomic E-state index is 12.9. The first-order chi connectivity index (χ1) is 12.2. The van der Waals surface area contributed by atoms with Crippen molar-refractivity contribution >= 4 is 11.9 Å². The Morgan fingerprint density at radius 1 is 1.40 bits per heavy atom. The van der Waals surface area contributed by atoms with Crippen molar-refractivity contribution in [2.45, 2.75) is 32.3 Å². The van der Waals surface area contributed by atoms with E-state index in [1.54, 1.807) is 12.3 Å². The summed E-state index contributed by atoms with van der Waals surface area (Å²) in [6, 6.07) is 9.28. The van der Waals surface area contributed by atoms with Crippen molar-refractivity contribution in [2.75, 3.05) is 25.4 Å². The molecule has 6 nitrogen and oxygen atoms in total. The molecule has 1 aliphatic heterocycles. The van der Waals surface area contributed by atoms with Crippen molar-refractivity contribution in [3.8, 4) is 11.3 Å². The number of ether oxygens (including phenoxy) is 1. The number of hydrogen-bond donors (Lipinski definition) is 1. The summed E-state index contributed by atoms with van der Waals surface area (Å²) in [5.41, 5.74) is 7.88. The third kappa shape index (κ3) is 4.33. The third-order valence-corrected chi connectivity index (χ3v) is 4.30. The molecule has 2 aromatic rings. The molecule has 1 aromatic carbocycles. The van der Waals surface area contributed by atoms with E-state index in [1.807, 2.05) is 29.2 Å². The number of benzene rings is 1. The Morgan fingerprint density at radius 3 is 3.08 bits per heavy atom. The molecule has 0 bridgehead atoms. The van der Waals surface area contributed by atoms with E-state index in [9.17, 15) is 4.79 Å². The molecule has 3 rings (SSSR count). The molecule has 0 radical (unpaired) electrons. The zero-order chi connectivity index (χ0) is 17.6. The molecule has 25 heavy (non-hydrogen) atoms. The largest absolute Gasteiger partial charge is 0.376 e. The Kier molecular flexibility index (Phi) is 5.60. The number of anilines is 1. The number of carbonyl (C=O) groups is 1. The van der Waals surface area contributed by atoms with Gasteiger partial charge < -0.3 is 15.4 Å². The Hall–Kier alpha value is -2.47. The highest BCUT2D eigenvalue weighted by atomic mass is 16.5. The van der Waals surface area contributed by atoms with Crippen LogP contribution in [-0.4, -0.2) is 46.6 Å². The number of likely N-dealkylation sites (tertiary alicyclic amines) is 1. The van der Waals surface area contributed by atoms with E-state index in [1.165, 1.54) is 0 Å². The van der Waals surface area contributed by atoms with Crippen LogP contribution in [0, 0.1) is 0 Å². The molecule has 1 fully saturated rings. The lowest BCUT2D eigenvalue weighted by atomic mass is 10.0. The van der Waals surface area contributed by atoms with Gasteiger partial charge in [0.05, 0.1) is 11.8 Å². The van der Waals surface area contributed by atoms with Crippen LogP contribution in [0.5, 0.6) is 0 Å². The Bertz CT molecular complexity index is 735. The van der Waals surface area contributed by atoms with E-state index < -0.39 is 0 Å². The normalized spacial score (nSPS) is 17.5. The Balaban J connectivity index is 1.75. The molecule has 1 amide bonds. The zero-order valence-electron chi connectivity index (χ0n) is 14.5. The van der Waals surface area contributed by atoms with E-state index in [0.717, 1.165) is 38.0 Å². The first-order valence-electron chi connectivity index (χ1n) is 8.77. The minimum atomic E-state index is 0.0358. The minimum absolute atomic E-state index is 0.0358. The SMILES string of the molecule is CCCO[C@@H]1CCCN(C(=O)c2cccc(-c3ccnc(N)n3)c2)C1. The number of aromatic nitrogens is 2. The molecule has 2 heterocycles. The third-order valence-electron chi connectivity index (χ3n) is 4.30. The van der Waals surface area contributed by atoms with Crippen LogP contribution in [0.25, 0.3) is 11.3 Å². The molecule has 0 spiro atoms. The predicted molar refractivity (Wildman–Crippen MR) is 97.0 cm³/mol. The molecule has 0 aliphatic carbocycles. The second-order valence-electron chi connectivity index (χ2n) is 6.27. The quantitative estimate of drug-likeness (QED) is 0.905. The van der Waals surface area contributed by atoms with Crippen molar-refractivity contribution in [2.24, 2.45) is 0 Å². The predicted octanol–water partition coefficient (Wildman–Crippen LogP) is 2.76. The molecule has 1 saturated heterocycles. The first kappa shape index (κ1) is 17.4. The molecule has 6 heteroatoms. The van der Waals surface area contributed by atoms with Crippen molar-refractivity contribution in [1.82, 2.24) is 14.9 Å². The van der Waals surface area contributed by atoms with Gasteiger partial charge in [0, 0.05) is 37.0 Å². The van der Waals surface area contributed by atoms with Crippen molar-refractivity contribution in [3.05, 3.63) is 42.1 Å². The highest BCUT2D eigenvalue weighted by Gasteiger charge is 2.25. The van der Waals surface area contributed by atoms with Crippen molar-refractivity contribution < 1.29 is 9.53 Å². The van der Waals surface area contributed by atoms with Crippen LogP contribution >= 0.6 is 0 Å². The monoisotopic (exact) mass is 340 g/mol. The maximum Gasteiger partial charge on any atom is 0.253 e. The van der Waals surface area contributed by atoms with Gasteiger partial charge in [0.2, 0.25) is 5.95 Å². The average Bonchev–Trinajstić information content (AvgIpc) is 2.66. The summed E-state index contributed by atoms with van der Waals surface area (Å²) in [7, 11) is 0. The van der Waals surface area contributed by atoms with Crippen LogP contribution in [0.1, 0.15) is 36.5 Å². The number of carbonyl (C=O) groups excluding carboxylic acids is 1. The molecule has 0 saturated carbocycles. The van der Waals surface area contributed by atoms with Gasteiger partial charge in [-0.1, -0.05) is 19.1 Å². The fourth-order valence-electron chi connectivity index (χ4n) is 3.07. The number of nitrogens with two attached hydrogens (primary N) is 1. The van der Waals surface area contributed by atoms with E-state index in [-0.39, 0.29) is 18.0 Å². The molecule has 1 atom stereocenters. The van der Waals surface area contributed by atoms with Crippen LogP contribution < -0.4 is 5.73 Å². The van der Waals surface area contributed by atoms with Crippen LogP contribution in [0.2, 0.25) is 0 Å². The molecule has 2 N–H and O–H groups in total. The molecular formula is C19H24N4O2. The Labute approximate surface area is 148 Å². The van der Waals surface area contributed by atoms with Crippen LogP contribution in [0.3, 0.4) is 0 Å². The van der Waals surface area contributed by atoms with Crippen molar-refractivity contribution in [1.29, 1.82) is 0 Å². The van der Waals surface area contributed by atoms with Gasteiger partial charge >= 0.3 is 0 Å². The van der Waals surface area contributed by atoms with Gasteiger partial charge in [0.15, 0.2) is 0 Å². The lowest BCUT2D eigenvalue weighted by Crippen LogP contribution is -2.43. The van der Waals surface area contributed by atoms with E-state index >= 15 is 0 Å². The van der Waals surface area contributed by atoms with Crippen molar-refractivity contribution in [3.63, 3.8) is 0 Å². The number of hydrogen-bond acceptors (Lipinski definition) is 5. The lowest BCUT2D eigenvalue weighted by Gasteiger charge is -2.32. The molecule has 132 valence electrons. The van der Waals surface area contributed by atoms with E-state index in [4.69, 9.17) is 10.5 Å². The van der Waals surface area contributed by atoms with Gasteiger partial charge in [-0.05, 0) is 37.5 Å². The smallest absolute Gasteiger partial charge is 0.253 e. The van der Waals surface area contributed by atoms with Gasteiger partial charge in [-0.2, -0.15) is 0 Å². The summed E-state index contributed by atoms with van der Waals surface area (Å²) < 4.78 is 5.83. The number of nitrogen functional groups attached to an aromatic ring is 1. The van der Waals surface area contributed by atoms with Gasteiger partial charge in [-0.3, -0.25) is 4.79 Å². The summed E-state index contributed by atoms with van der Waals surface area (Å²) >= 11 is 0. The minimum Gasteiger partial charge on any atom is -0.376 e. The molecular weight excluding hydrogens is 316 g/mol. The number of nitrogens with zero attached hydrogens (tertiary/aromatic N) is 3. The van der Waals surface area contributed by atoms with Crippen LogP contribution in [0.4, 0.5) is 5.95 Å². The number of piperidine rings is 1. The first-order valence-corrected chi connectivity index (χ1v) is 8.77.